The Morgan fingerprint density at radius 2 is 2.40 bits per heavy atom. The summed E-state index contributed by atoms with van der Waals surface area (Å²) in [5, 5.41) is 0. The third-order valence-corrected chi connectivity index (χ3v) is 1.14. The van der Waals surface area contributed by atoms with Crippen molar-refractivity contribution in [3.05, 3.63) is 24.2 Å². The average molecular weight is 162 g/mol. The molecule has 1 aromatic rings. The molecule has 1 aromatic heterocycles. The number of hydrogen-bond acceptors (Lipinski definition) is 2. The molecule has 0 spiro atoms. The lowest BCUT2D eigenvalue weighted by Crippen LogP contribution is -2.17. The predicted molar refractivity (Wildman–Crippen MR) is 43.3 cm³/mol. The van der Waals surface area contributed by atoms with Gasteiger partial charge in [-0.3, -0.25) is 0 Å². The molecule has 2 nitrogen and oxygen atoms in total. The lowest BCUT2D eigenvalue weighted by atomic mass is 10.1. The van der Waals surface area contributed by atoms with Crippen molar-refractivity contribution in [2.45, 2.75) is 19.4 Å². The Morgan fingerprint density at radius 1 is 1.70 bits per heavy atom. The predicted octanol–water partition coefficient (Wildman–Crippen LogP) is 1.59. The molecule has 0 bridgehead atoms. The number of halogens is 1. The number of nitrogens with two attached hydrogens (primary N) is 1. The second-order valence-corrected chi connectivity index (χ2v) is 2.31. The quantitative estimate of drug-likeness (QED) is 0.716. The van der Waals surface area contributed by atoms with Gasteiger partial charge in [-0.25, -0.2) is 0 Å². The summed E-state index contributed by atoms with van der Waals surface area (Å²) in [6, 6.07) is 2.16. The molecule has 0 radical (unpaired) electrons. The van der Waals surface area contributed by atoms with E-state index >= 15 is 0 Å². The Hall–Kier alpha value is -0.470. The maximum atomic E-state index is 5.54. The molecule has 0 unspecified atom stereocenters. The highest BCUT2D eigenvalue weighted by Crippen LogP contribution is 2.01. The first-order valence-corrected chi connectivity index (χ1v) is 3.05. The van der Waals surface area contributed by atoms with E-state index in [1.807, 2.05) is 13.0 Å². The van der Waals surface area contributed by atoms with Gasteiger partial charge in [-0.1, -0.05) is 0 Å². The topological polar surface area (TPSA) is 39.2 Å². The van der Waals surface area contributed by atoms with Crippen LogP contribution in [0.2, 0.25) is 0 Å². The smallest absolute Gasteiger partial charge is 0.0935 e. The first-order valence-electron chi connectivity index (χ1n) is 3.05. The van der Waals surface area contributed by atoms with Gasteiger partial charge in [0.1, 0.15) is 0 Å². The van der Waals surface area contributed by atoms with Gasteiger partial charge in [0.25, 0.3) is 0 Å². The maximum absolute atomic E-state index is 5.54. The SMILES string of the molecule is C[C@@H](N)Cc1ccoc1.Cl. The van der Waals surface area contributed by atoms with Crippen molar-refractivity contribution >= 4 is 12.4 Å². The third kappa shape index (κ3) is 2.90. The molecule has 1 rings (SSSR count). The van der Waals surface area contributed by atoms with Crippen LogP contribution in [-0.2, 0) is 6.42 Å². The van der Waals surface area contributed by atoms with Gasteiger partial charge in [-0.2, -0.15) is 0 Å². The molecule has 1 heterocycles. The summed E-state index contributed by atoms with van der Waals surface area (Å²) in [4.78, 5) is 0. The third-order valence-electron chi connectivity index (χ3n) is 1.14. The highest BCUT2D eigenvalue weighted by Gasteiger charge is 1.96. The summed E-state index contributed by atoms with van der Waals surface area (Å²) in [6.45, 7) is 1.98. The highest BCUT2D eigenvalue weighted by atomic mass is 35.5. The fourth-order valence-electron chi connectivity index (χ4n) is 0.781. The molecule has 0 fully saturated rings. The van der Waals surface area contributed by atoms with Crippen LogP contribution in [0.4, 0.5) is 0 Å². The van der Waals surface area contributed by atoms with Gasteiger partial charge in [-0.05, 0) is 25.0 Å². The largest absolute Gasteiger partial charge is 0.472 e. The molecule has 10 heavy (non-hydrogen) atoms. The van der Waals surface area contributed by atoms with Crippen molar-refractivity contribution in [3.63, 3.8) is 0 Å². The summed E-state index contributed by atoms with van der Waals surface area (Å²) in [7, 11) is 0. The molecule has 0 amide bonds. The van der Waals surface area contributed by atoms with E-state index in [-0.39, 0.29) is 18.4 Å². The van der Waals surface area contributed by atoms with E-state index in [9.17, 15) is 0 Å². The molecule has 2 N–H and O–H groups in total. The lowest BCUT2D eigenvalue weighted by molar-refractivity contribution is 0.561. The monoisotopic (exact) mass is 161 g/mol. The molecule has 0 aliphatic rings. The molecule has 0 aliphatic heterocycles. The van der Waals surface area contributed by atoms with Gasteiger partial charge in [0.2, 0.25) is 0 Å². The van der Waals surface area contributed by atoms with E-state index in [4.69, 9.17) is 10.2 Å². The van der Waals surface area contributed by atoms with Crippen LogP contribution in [0, 0.1) is 0 Å². The minimum Gasteiger partial charge on any atom is -0.472 e. The fourth-order valence-corrected chi connectivity index (χ4v) is 0.781. The standard InChI is InChI=1S/C7H11NO.ClH/c1-6(8)4-7-2-3-9-5-7;/h2-3,5-6H,4,8H2,1H3;1H/t6-;/m1./s1. The highest BCUT2D eigenvalue weighted by molar-refractivity contribution is 5.85. The summed E-state index contributed by atoms with van der Waals surface area (Å²) < 4.78 is 4.86. The lowest BCUT2D eigenvalue weighted by Gasteiger charge is -1.98. The molecule has 3 heteroatoms. The summed E-state index contributed by atoms with van der Waals surface area (Å²) in [5.41, 5.74) is 6.71. The first kappa shape index (κ1) is 9.53. The van der Waals surface area contributed by atoms with Crippen LogP contribution in [0.25, 0.3) is 0 Å². The number of hydrogen-bond donors (Lipinski definition) is 1. The van der Waals surface area contributed by atoms with Gasteiger partial charge in [-0.15, -0.1) is 12.4 Å². The van der Waals surface area contributed by atoms with Crippen molar-refractivity contribution in [3.8, 4) is 0 Å². The Labute approximate surface area is 66.8 Å². The first-order chi connectivity index (χ1) is 4.29. The van der Waals surface area contributed by atoms with Crippen molar-refractivity contribution in [2.24, 2.45) is 5.73 Å². The molecular weight excluding hydrogens is 150 g/mol. The van der Waals surface area contributed by atoms with Crippen LogP contribution in [0.3, 0.4) is 0 Å². The second-order valence-electron chi connectivity index (χ2n) is 2.31. The zero-order valence-corrected chi connectivity index (χ0v) is 6.73. The summed E-state index contributed by atoms with van der Waals surface area (Å²) >= 11 is 0. The van der Waals surface area contributed by atoms with Crippen molar-refractivity contribution in [2.75, 3.05) is 0 Å². The van der Waals surface area contributed by atoms with Gasteiger partial charge < -0.3 is 10.2 Å². The summed E-state index contributed by atoms with van der Waals surface area (Å²) in [5.74, 6) is 0. The number of furan rings is 1. The normalized spacial score (nSPS) is 12.2. The van der Waals surface area contributed by atoms with Crippen molar-refractivity contribution in [1.82, 2.24) is 0 Å². The van der Waals surface area contributed by atoms with Crippen LogP contribution >= 0.6 is 12.4 Å². The minimum absolute atomic E-state index is 0. The minimum atomic E-state index is 0. The Bertz CT molecular complexity index is 160. The molecule has 0 aromatic carbocycles. The van der Waals surface area contributed by atoms with Gasteiger partial charge in [0, 0.05) is 6.04 Å². The Balaban J connectivity index is 0.000000810. The zero-order chi connectivity index (χ0) is 6.69. The summed E-state index contributed by atoms with van der Waals surface area (Å²) in [6.07, 6.45) is 4.29. The van der Waals surface area contributed by atoms with E-state index in [1.54, 1.807) is 12.5 Å². The zero-order valence-electron chi connectivity index (χ0n) is 5.91. The van der Waals surface area contributed by atoms with E-state index in [0.29, 0.717) is 0 Å². The molecular formula is C7H12ClNO. The van der Waals surface area contributed by atoms with Gasteiger partial charge in [0.05, 0.1) is 12.5 Å². The van der Waals surface area contributed by atoms with Crippen molar-refractivity contribution < 1.29 is 4.42 Å². The maximum Gasteiger partial charge on any atom is 0.0935 e. The van der Waals surface area contributed by atoms with Crippen LogP contribution in [0.1, 0.15) is 12.5 Å². The van der Waals surface area contributed by atoms with Crippen molar-refractivity contribution in [1.29, 1.82) is 0 Å². The molecule has 1 atom stereocenters. The molecule has 0 saturated heterocycles. The van der Waals surface area contributed by atoms with Gasteiger partial charge >= 0.3 is 0 Å². The number of rotatable bonds is 2. The van der Waals surface area contributed by atoms with E-state index < -0.39 is 0 Å². The van der Waals surface area contributed by atoms with E-state index in [1.165, 1.54) is 5.56 Å². The molecule has 0 aliphatic carbocycles. The average Bonchev–Trinajstić information content (AvgIpc) is 2.15. The van der Waals surface area contributed by atoms with Crippen LogP contribution in [-0.4, -0.2) is 6.04 Å². The van der Waals surface area contributed by atoms with Crippen LogP contribution in [0.5, 0.6) is 0 Å². The Morgan fingerprint density at radius 3 is 2.80 bits per heavy atom. The van der Waals surface area contributed by atoms with Crippen LogP contribution < -0.4 is 5.73 Å². The molecule has 0 saturated carbocycles. The second kappa shape index (κ2) is 4.36. The fraction of sp³-hybridized carbons (Fsp3) is 0.429. The van der Waals surface area contributed by atoms with Crippen LogP contribution in [0.15, 0.2) is 23.0 Å². The Kier molecular flexibility index (Phi) is 4.16. The van der Waals surface area contributed by atoms with E-state index in [2.05, 4.69) is 0 Å². The van der Waals surface area contributed by atoms with E-state index in [0.717, 1.165) is 6.42 Å². The van der Waals surface area contributed by atoms with Gasteiger partial charge in [0.15, 0.2) is 0 Å². The molecule has 58 valence electrons.